The quantitative estimate of drug-likeness (QED) is 0.541. The Balaban J connectivity index is 1.84. The molecule has 0 saturated carbocycles. The van der Waals surface area contributed by atoms with Crippen LogP contribution in [0.2, 0.25) is 0 Å². The molecule has 0 amide bonds. The van der Waals surface area contributed by atoms with Gasteiger partial charge in [0, 0.05) is 27.1 Å². The van der Waals surface area contributed by atoms with Gasteiger partial charge in [-0.1, -0.05) is 15.9 Å². The molecular formula is C20H18BrFN2O4S. The molecule has 152 valence electrons. The minimum Gasteiger partial charge on any atom is -0.482 e. The summed E-state index contributed by atoms with van der Waals surface area (Å²) in [4.78, 5) is 12.6. The molecule has 0 aliphatic heterocycles. The number of primary sulfonamides is 1. The van der Waals surface area contributed by atoms with Crippen molar-refractivity contribution in [1.82, 2.24) is 4.57 Å². The van der Waals surface area contributed by atoms with Gasteiger partial charge in [0.1, 0.15) is 0 Å². The highest BCUT2D eigenvalue weighted by molar-refractivity contribution is 9.10. The lowest BCUT2D eigenvalue weighted by Crippen LogP contribution is -2.13. The van der Waals surface area contributed by atoms with E-state index in [1.54, 1.807) is 31.2 Å². The van der Waals surface area contributed by atoms with Gasteiger partial charge in [0.2, 0.25) is 15.8 Å². The van der Waals surface area contributed by atoms with E-state index >= 15 is 0 Å². The van der Waals surface area contributed by atoms with E-state index in [2.05, 4.69) is 15.9 Å². The van der Waals surface area contributed by atoms with Crippen molar-refractivity contribution < 1.29 is 22.3 Å². The number of Topliss-reactive ketones (excluding diaryl/α,β-unsaturated/α-hetero) is 1. The Bertz CT molecular complexity index is 1190. The fourth-order valence-corrected chi connectivity index (χ4v) is 3.89. The van der Waals surface area contributed by atoms with E-state index in [9.17, 15) is 17.6 Å². The first-order valence-corrected chi connectivity index (χ1v) is 10.8. The summed E-state index contributed by atoms with van der Waals surface area (Å²) in [6.45, 7) is 3.29. The van der Waals surface area contributed by atoms with Crippen LogP contribution in [0, 0.1) is 19.7 Å². The average Bonchev–Trinajstić information content (AvgIpc) is 2.94. The zero-order valence-corrected chi connectivity index (χ0v) is 18.1. The maximum atomic E-state index is 13.9. The molecule has 0 atom stereocenters. The number of benzene rings is 2. The van der Waals surface area contributed by atoms with Crippen LogP contribution in [0.1, 0.15) is 21.7 Å². The Morgan fingerprint density at radius 3 is 2.38 bits per heavy atom. The summed E-state index contributed by atoms with van der Waals surface area (Å²) in [5, 5.41) is 5.13. The summed E-state index contributed by atoms with van der Waals surface area (Å²) in [7, 11) is -3.78. The first-order chi connectivity index (χ1) is 13.6. The van der Waals surface area contributed by atoms with Crippen LogP contribution in [-0.2, 0) is 10.0 Å². The Labute approximate surface area is 176 Å². The lowest BCUT2D eigenvalue weighted by atomic mass is 10.1. The molecule has 2 aromatic carbocycles. The van der Waals surface area contributed by atoms with Gasteiger partial charge in [0.15, 0.2) is 18.2 Å². The number of rotatable bonds is 6. The van der Waals surface area contributed by atoms with E-state index in [0.29, 0.717) is 21.4 Å². The molecule has 2 N–H and O–H groups in total. The Morgan fingerprint density at radius 1 is 1.14 bits per heavy atom. The number of ether oxygens (including phenoxy) is 1. The van der Waals surface area contributed by atoms with Crippen molar-refractivity contribution in [3.05, 3.63) is 75.8 Å². The molecule has 1 aromatic heterocycles. The third-order valence-electron chi connectivity index (χ3n) is 4.41. The molecule has 0 spiro atoms. The Morgan fingerprint density at radius 2 is 1.79 bits per heavy atom. The van der Waals surface area contributed by atoms with Crippen LogP contribution in [-0.4, -0.2) is 25.4 Å². The molecule has 3 aromatic rings. The van der Waals surface area contributed by atoms with E-state index in [-0.39, 0.29) is 23.0 Å². The van der Waals surface area contributed by atoms with Crippen molar-refractivity contribution in [1.29, 1.82) is 0 Å². The molecule has 1 heterocycles. The van der Waals surface area contributed by atoms with Crippen molar-refractivity contribution in [2.24, 2.45) is 5.14 Å². The van der Waals surface area contributed by atoms with Gasteiger partial charge < -0.3 is 9.30 Å². The van der Waals surface area contributed by atoms with Crippen LogP contribution >= 0.6 is 15.9 Å². The number of aryl methyl sites for hydroxylation is 1. The number of halogens is 2. The average molecular weight is 481 g/mol. The van der Waals surface area contributed by atoms with Crippen LogP contribution in [0.15, 0.2) is 57.9 Å². The number of hydrogen-bond donors (Lipinski definition) is 1. The summed E-state index contributed by atoms with van der Waals surface area (Å²) in [5.74, 6) is -0.866. The third-order valence-corrected chi connectivity index (χ3v) is 5.83. The number of ketones is 1. The van der Waals surface area contributed by atoms with Crippen molar-refractivity contribution in [3.63, 3.8) is 0 Å². The summed E-state index contributed by atoms with van der Waals surface area (Å²) in [6, 6.07) is 12.1. The monoisotopic (exact) mass is 480 g/mol. The van der Waals surface area contributed by atoms with Crippen molar-refractivity contribution in [3.8, 4) is 11.4 Å². The smallest absolute Gasteiger partial charge is 0.238 e. The van der Waals surface area contributed by atoms with Crippen LogP contribution in [0.4, 0.5) is 4.39 Å². The van der Waals surface area contributed by atoms with E-state index in [1.165, 1.54) is 24.3 Å². The summed E-state index contributed by atoms with van der Waals surface area (Å²) < 4.78 is 44.4. The highest BCUT2D eigenvalue weighted by Crippen LogP contribution is 2.24. The second-order valence-electron chi connectivity index (χ2n) is 6.45. The molecular weight excluding hydrogens is 463 g/mol. The van der Waals surface area contributed by atoms with Gasteiger partial charge in [-0.3, -0.25) is 4.79 Å². The highest BCUT2D eigenvalue weighted by Gasteiger charge is 2.18. The predicted octanol–water partition coefficient (Wildman–Crippen LogP) is 3.90. The number of sulfonamides is 1. The predicted molar refractivity (Wildman–Crippen MR) is 111 cm³/mol. The molecule has 0 saturated heterocycles. The van der Waals surface area contributed by atoms with Crippen molar-refractivity contribution >= 4 is 31.7 Å². The molecule has 3 rings (SSSR count). The Kier molecular flexibility index (Phi) is 5.92. The summed E-state index contributed by atoms with van der Waals surface area (Å²) in [6.07, 6.45) is 0. The maximum absolute atomic E-state index is 13.9. The van der Waals surface area contributed by atoms with E-state index in [4.69, 9.17) is 9.88 Å². The van der Waals surface area contributed by atoms with Gasteiger partial charge in [0.25, 0.3) is 0 Å². The molecule has 29 heavy (non-hydrogen) atoms. The SMILES string of the molecule is Cc1cc(C(=O)COc2ccc(Br)cc2F)c(C)n1-c1ccc(S(N)(=O)=O)cc1. The first kappa shape index (κ1) is 21.2. The number of aromatic nitrogens is 1. The minimum atomic E-state index is -3.78. The van der Waals surface area contributed by atoms with Gasteiger partial charge in [-0.25, -0.2) is 17.9 Å². The minimum absolute atomic E-state index is 0.00457. The zero-order chi connectivity index (χ0) is 21.3. The number of nitrogens with zero attached hydrogens (tertiary/aromatic N) is 1. The fourth-order valence-electron chi connectivity index (χ4n) is 3.04. The van der Waals surface area contributed by atoms with Gasteiger partial charge in [-0.05, 0) is 62.4 Å². The van der Waals surface area contributed by atoms with E-state index < -0.39 is 15.8 Å². The lowest BCUT2D eigenvalue weighted by molar-refractivity contribution is 0.0918. The maximum Gasteiger partial charge on any atom is 0.238 e. The number of nitrogens with two attached hydrogens (primary N) is 1. The number of hydrogen-bond acceptors (Lipinski definition) is 4. The highest BCUT2D eigenvalue weighted by atomic mass is 79.9. The second-order valence-corrected chi connectivity index (χ2v) is 8.92. The number of carbonyl (C=O) groups is 1. The molecule has 0 radical (unpaired) electrons. The molecule has 6 nitrogen and oxygen atoms in total. The molecule has 0 aliphatic rings. The summed E-state index contributed by atoms with van der Waals surface area (Å²) >= 11 is 3.17. The fraction of sp³-hybridized carbons (Fsp3) is 0.150. The van der Waals surface area contributed by atoms with Gasteiger partial charge in [-0.2, -0.15) is 0 Å². The molecule has 0 bridgehead atoms. The standard InChI is InChI=1S/C20H18BrFN2O4S/c1-12-9-17(19(25)11-28-20-8-3-14(21)10-18(20)22)13(2)24(12)15-4-6-16(7-5-15)29(23,26)27/h3-10H,11H2,1-2H3,(H2,23,26,27). The van der Waals surface area contributed by atoms with E-state index in [1.807, 2.05) is 11.5 Å². The summed E-state index contributed by atoms with van der Waals surface area (Å²) in [5.41, 5.74) is 2.57. The largest absolute Gasteiger partial charge is 0.482 e. The second kappa shape index (κ2) is 8.10. The first-order valence-electron chi connectivity index (χ1n) is 8.51. The van der Waals surface area contributed by atoms with Crippen LogP contribution < -0.4 is 9.88 Å². The van der Waals surface area contributed by atoms with Crippen LogP contribution in [0.5, 0.6) is 5.75 Å². The Hall–Kier alpha value is -2.49. The third kappa shape index (κ3) is 4.58. The van der Waals surface area contributed by atoms with Gasteiger partial charge in [0.05, 0.1) is 4.90 Å². The van der Waals surface area contributed by atoms with Crippen LogP contribution in [0.3, 0.4) is 0 Å². The van der Waals surface area contributed by atoms with E-state index in [0.717, 1.165) is 5.69 Å². The van der Waals surface area contributed by atoms with Gasteiger partial charge in [-0.15, -0.1) is 0 Å². The molecule has 0 aliphatic carbocycles. The topological polar surface area (TPSA) is 91.4 Å². The van der Waals surface area contributed by atoms with Crippen molar-refractivity contribution in [2.75, 3.05) is 6.61 Å². The molecule has 0 fully saturated rings. The van der Waals surface area contributed by atoms with Crippen molar-refractivity contribution in [2.45, 2.75) is 18.7 Å². The molecule has 0 unspecified atom stereocenters. The van der Waals surface area contributed by atoms with Gasteiger partial charge >= 0.3 is 0 Å². The lowest BCUT2D eigenvalue weighted by Gasteiger charge is -2.11. The zero-order valence-electron chi connectivity index (χ0n) is 15.6. The normalized spacial score (nSPS) is 11.5. The number of carbonyl (C=O) groups excluding carboxylic acids is 1. The van der Waals surface area contributed by atoms with Crippen LogP contribution in [0.25, 0.3) is 5.69 Å². The molecule has 9 heteroatoms.